The van der Waals surface area contributed by atoms with Crippen molar-refractivity contribution in [2.45, 2.75) is 39.2 Å². The van der Waals surface area contributed by atoms with E-state index in [1.54, 1.807) is 0 Å². The molecule has 2 N–H and O–H groups in total. The summed E-state index contributed by atoms with van der Waals surface area (Å²) in [6, 6.07) is 0. The van der Waals surface area contributed by atoms with Crippen LogP contribution in [-0.4, -0.2) is 37.1 Å². The van der Waals surface area contributed by atoms with Crippen molar-refractivity contribution in [3.8, 4) is 0 Å². The van der Waals surface area contributed by atoms with Crippen LogP contribution >= 0.6 is 11.8 Å². The van der Waals surface area contributed by atoms with Crippen LogP contribution in [0.15, 0.2) is 4.99 Å². The maximum atomic E-state index is 4.18. The number of rotatable bonds is 5. The van der Waals surface area contributed by atoms with Crippen molar-refractivity contribution in [2.75, 3.05) is 25.6 Å². The zero-order valence-corrected chi connectivity index (χ0v) is 11.5. The van der Waals surface area contributed by atoms with Gasteiger partial charge in [0.05, 0.1) is 0 Å². The zero-order chi connectivity index (χ0) is 11.7. The minimum Gasteiger partial charge on any atom is -0.356 e. The lowest BCUT2D eigenvalue weighted by atomic mass is 10.1. The fraction of sp³-hybridized carbons (Fsp3) is 0.909. The summed E-state index contributed by atoms with van der Waals surface area (Å²) in [5, 5.41) is 6.64. The average Bonchev–Trinajstić information content (AvgIpc) is 2.14. The van der Waals surface area contributed by atoms with E-state index < -0.39 is 0 Å². The average molecular weight is 231 g/mol. The number of nitrogens with one attached hydrogen (secondary N) is 2. The largest absolute Gasteiger partial charge is 0.356 e. The molecule has 0 aromatic rings. The number of hydrogen-bond acceptors (Lipinski definition) is 2. The molecule has 0 heterocycles. The molecule has 0 aromatic carbocycles. The second-order valence-electron chi connectivity index (χ2n) is 4.57. The molecular formula is C11H25N3S. The van der Waals surface area contributed by atoms with Crippen LogP contribution in [0.3, 0.4) is 0 Å². The second-order valence-corrected chi connectivity index (χ2v) is 5.56. The van der Waals surface area contributed by atoms with E-state index in [1.807, 2.05) is 18.8 Å². The maximum Gasteiger partial charge on any atom is 0.191 e. The summed E-state index contributed by atoms with van der Waals surface area (Å²) in [7, 11) is 1.81. The summed E-state index contributed by atoms with van der Waals surface area (Å²) in [4.78, 5) is 4.18. The monoisotopic (exact) mass is 231 g/mol. The van der Waals surface area contributed by atoms with Gasteiger partial charge in [-0.05, 0) is 45.6 Å². The van der Waals surface area contributed by atoms with Gasteiger partial charge in [-0.3, -0.25) is 4.99 Å². The molecule has 0 radical (unpaired) electrons. The molecule has 3 nitrogen and oxygen atoms in total. The van der Waals surface area contributed by atoms with E-state index in [4.69, 9.17) is 0 Å². The van der Waals surface area contributed by atoms with Gasteiger partial charge in [0.25, 0.3) is 0 Å². The first-order valence-corrected chi connectivity index (χ1v) is 6.87. The first-order chi connectivity index (χ1) is 6.99. The van der Waals surface area contributed by atoms with E-state index in [0.29, 0.717) is 0 Å². The van der Waals surface area contributed by atoms with Gasteiger partial charge in [-0.2, -0.15) is 11.8 Å². The molecule has 0 saturated carbocycles. The van der Waals surface area contributed by atoms with Gasteiger partial charge in [-0.25, -0.2) is 0 Å². The molecule has 15 heavy (non-hydrogen) atoms. The summed E-state index contributed by atoms with van der Waals surface area (Å²) in [6.45, 7) is 7.39. The van der Waals surface area contributed by atoms with E-state index in [9.17, 15) is 0 Å². The number of unbranched alkanes of at least 4 members (excludes halogenated alkanes) is 1. The predicted molar refractivity (Wildman–Crippen MR) is 71.9 cm³/mol. The topological polar surface area (TPSA) is 36.4 Å². The SMILES string of the molecule is CN=C(NCCCCSC)NC(C)(C)C. The van der Waals surface area contributed by atoms with Gasteiger partial charge in [0.2, 0.25) is 0 Å². The first-order valence-electron chi connectivity index (χ1n) is 5.47. The van der Waals surface area contributed by atoms with E-state index in [0.717, 1.165) is 12.5 Å². The quantitative estimate of drug-likeness (QED) is 0.432. The van der Waals surface area contributed by atoms with Gasteiger partial charge in [-0.15, -0.1) is 0 Å². The Morgan fingerprint density at radius 1 is 1.27 bits per heavy atom. The lowest BCUT2D eigenvalue weighted by Gasteiger charge is -2.23. The summed E-state index contributed by atoms with van der Waals surface area (Å²) in [5.74, 6) is 2.14. The van der Waals surface area contributed by atoms with Crippen LogP contribution in [0.2, 0.25) is 0 Å². The van der Waals surface area contributed by atoms with Crippen LogP contribution in [-0.2, 0) is 0 Å². The van der Waals surface area contributed by atoms with Crippen molar-refractivity contribution in [2.24, 2.45) is 4.99 Å². The van der Waals surface area contributed by atoms with Gasteiger partial charge in [0.15, 0.2) is 5.96 Å². The highest BCUT2D eigenvalue weighted by molar-refractivity contribution is 7.98. The molecule has 0 saturated heterocycles. The second kappa shape index (κ2) is 7.85. The zero-order valence-electron chi connectivity index (χ0n) is 10.7. The number of aliphatic imine (C=N–C) groups is 1. The van der Waals surface area contributed by atoms with Crippen LogP contribution in [0.5, 0.6) is 0 Å². The highest BCUT2D eigenvalue weighted by Gasteiger charge is 2.10. The van der Waals surface area contributed by atoms with E-state index in [-0.39, 0.29) is 5.54 Å². The van der Waals surface area contributed by atoms with E-state index >= 15 is 0 Å². The van der Waals surface area contributed by atoms with Crippen LogP contribution in [0, 0.1) is 0 Å². The van der Waals surface area contributed by atoms with Gasteiger partial charge in [0.1, 0.15) is 0 Å². The highest BCUT2D eigenvalue weighted by atomic mass is 32.2. The smallest absolute Gasteiger partial charge is 0.191 e. The molecule has 4 heteroatoms. The summed E-state index contributed by atoms with van der Waals surface area (Å²) < 4.78 is 0. The van der Waals surface area contributed by atoms with Gasteiger partial charge >= 0.3 is 0 Å². The van der Waals surface area contributed by atoms with Crippen LogP contribution in [0.1, 0.15) is 33.6 Å². The lowest BCUT2D eigenvalue weighted by Crippen LogP contribution is -2.47. The number of guanidine groups is 1. The maximum absolute atomic E-state index is 4.18. The molecule has 0 amide bonds. The van der Waals surface area contributed by atoms with Crippen molar-refractivity contribution >= 4 is 17.7 Å². The number of nitrogens with zero attached hydrogens (tertiary/aromatic N) is 1. The van der Waals surface area contributed by atoms with Crippen molar-refractivity contribution in [1.29, 1.82) is 0 Å². The van der Waals surface area contributed by atoms with Gasteiger partial charge in [0, 0.05) is 19.1 Å². The van der Waals surface area contributed by atoms with Crippen molar-refractivity contribution in [3.05, 3.63) is 0 Å². The molecule has 0 aliphatic rings. The Balaban J connectivity index is 3.64. The first kappa shape index (κ1) is 14.6. The fourth-order valence-electron chi connectivity index (χ4n) is 1.11. The Kier molecular flexibility index (Phi) is 7.65. The molecule has 0 aliphatic heterocycles. The Bertz CT molecular complexity index is 185. The highest BCUT2D eigenvalue weighted by Crippen LogP contribution is 1.99. The molecule has 0 spiro atoms. The van der Waals surface area contributed by atoms with Crippen LogP contribution in [0.25, 0.3) is 0 Å². The Hall–Kier alpha value is -0.380. The molecule has 0 unspecified atom stereocenters. The van der Waals surface area contributed by atoms with Crippen molar-refractivity contribution < 1.29 is 0 Å². The molecular weight excluding hydrogens is 206 g/mol. The fourth-order valence-corrected chi connectivity index (χ4v) is 1.61. The minimum atomic E-state index is 0.0705. The lowest BCUT2D eigenvalue weighted by molar-refractivity contribution is 0.501. The third-order valence-electron chi connectivity index (χ3n) is 1.78. The molecule has 90 valence electrons. The summed E-state index contributed by atoms with van der Waals surface area (Å²) in [6.07, 6.45) is 4.61. The summed E-state index contributed by atoms with van der Waals surface area (Å²) in [5.41, 5.74) is 0.0705. The number of hydrogen-bond donors (Lipinski definition) is 2. The molecule has 0 aliphatic carbocycles. The van der Waals surface area contributed by atoms with Crippen LogP contribution < -0.4 is 10.6 Å². The molecule has 0 bridgehead atoms. The molecule has 0 rings (SSSR count). The molecule has 0 aromatic heterocycles. The third-order valence-corrected chi connectivity index (χ3v) is 2.48. The molecule has 0 fully saturated rings. The van der Waals surface area contributed by atoms with Crippen LogP contribution in [0.4, 0.5) is 0 Å². The summed E-state index contributed by atoms with van der Waals surface area (Å²) >= 11 is 1.90. The van der Waals surface area contributed by atoms with E-state index in [2.05, 4.69) is 42.7 Å². The van der Waals surface area contributed by atoms with Gasteiger partial charge in [-0.1, -0.05) is 0 Å². The number of thioether (sulfide) groups is 1. The van der Waals surface area contributed by atoms with Gasteiger partial charge < -0.3 is 10.6 Å². The van der Waals surface area contributed by atoms with Crippen molar-refractivity contribution in [1.82, 2.24) is 10.6 Å². The molecule has 0 atom stereocenters. The Labute approximate surface area is 98.5 Å². The third kappa shape index (κ3) is 9.91. The van der Waals surface area contributed by atoms with E-state index in [1.165, 1.54) is 18.6 Å². The standard InChI is InChI=1S/C11H25N3S/c1-11(2,3)14-10(12-4)13-8-6-7-9-15-5/h6-9H2,1-5H3,(H2,12,13,14). The Morgan fingerprint density at radius 3 is 2.40 bits per heavy atom. The normalized spacial score (nSPS) is 12.7. The van der Waals surface area contributed by atoms with Crippen molar-refractivity contribution in [3.63, 3.8) is 0 Å². The predicted octanol–water partition coefficient (Wildman–Crippen LogP) is 2.09. The minimum absolute atomic E-state index is 0.0705. The Morgan fingerprint density at radius 2 is 1.93 bits per heavy atom.